The molecule has 1 atom stereocenters. The second-order valence-corrected chi connectivity index (χ2v) is 6.66. The number of benzene rings is 2. The zero-order valence-corrected chi connectivity index (χ0v) is 13.8. The van der Waals surface area contributed by atoms with Crippen molar-refractivity contribution in [2.45, 2.75) is 26.1 Å². The fraction of sp³-hybridized carbons (Fsp3) is 0.350. The van der Waals surface area contributed by atoms with Gasteiger partial charge >= 0.3 is 0 Å². The fourth-order valence-corrected chi connectivity index (χ4v) is 3.76. The van der Waals surface area contributed by atoms with Gasteiger partial charge in [-0.3, -0.25) is 4.90 Å². The first kappa shape index (κ1) is 15.4. The van der Waals surface area contributed by atoms with Gasteiger partial charge in [-0.25, -0.2) is 4.98 Å². The van der Waals surface area contributed by atoms with Gasteiger partial charge in [0.05, 0.1) is 11.0 Å². The summed E-state index contributed by atoms with van der Waals surface area (Å²) in [6.07, 6.45) is 1.20. The van der Waals surface area contributed by atoms with Crippen LogP contribution in [0.1, 0.15) is 17.8 Å². The van der Waals surface area contributed by atoms with Crippen LogP contribution in [0.4, 0.5) is 0 Å². The SMILES string of the molecule is OCc1nc2ccccc2n1C[C@@H]1CCN(Cc2ccccc2)C1. The lowest BCUT2D eigenvalue weighted by Crippen LogP contribution is -2.22. The van der Waals surface area contributed by atoms with E-state index in [1.54, 1.807) is 0 Å². The minimum Gasteiger partial charge on any atom is -0.388 e. The summed E-state index contributed by atoms with van der Waals surface area (Å²) in [5.41, 5.74) is 3.48. The van der Waals surface area contributed by atoms with Crippen LogP contribution in [0.25, 0.3) is 11.0 Å². The van der Waals surface area contributed by atoms with E-state index in [1.807, 2.05) is 18.2 Å². The maximum Gasteiger partial charge on any atom is 0.135 e. The van der Waals surface area contributed by atoms with Gasteiger partial charge in [-0.05, 0) is 36.6 Å². The van der Waals surface area contributed by atoms with Crippen molar-refractivity contribution in [1.29, 1.82) is 0 Å². The third-order valence-electron chi connectivity index (χ3n) is 4.93. The van der Waals surface area contributed by atoms with Crippen molar-refractivity contribution in [2.24, 2.45) is 5.92 Å². The number of aliphatic hydroxyl groups is 1. The summed E-state index contributed by atoms with van der Waals surface area (Å²) in [6.45, 7) is 4.19. The van der Waals surface area contributed by atoms with E-state index in [1.165, 1.54) is 12.0 Å². The van der Waals surface area contributed by atoms with Gasteiger partial charge < -0.3 is 9.67 Å². The molecule has 1 saturated heterocycles. The lowest BCUT2D eigenvalue weighted by Gasteiger charge is -2.17. The Morgan fingerprint density at radius 2 is 1.83 bits per heavy atom. The van der Waals surface area contributed by atoms with Gasteiger partial charge in [0.15, 0.2) is 0 Å². The van der Waals surface area contributed by atoms with Gasteiger partial charge in [0.2, 0.25) is 0 Å². The van der Waals surface area contributed by atoms with E-state index in [-0.39, 0.29) is 6.61 Å². The van der Waals surface area contributed by atoms with Crippen LogP contribution in [0.2, 0.25) is 0 Å². The van der Waals surface area contributed by atoms with Crippen LogP contribution in [0.15, 0.2) is 54.6 Å². The third-order valence-corrected chi connectivity index (χ3v) is 4.93. The van der Waals surface area contributed by atoms with Gasteiger partial charge in [0, 0.05) is 19.6 Å². The number of rotatable bonds is 5. The van der Waals surface area contributed by atoms with Crippen molar-refractivity contribution in [2.75, 3.05) is 13.1 Å². The molecule has 2 heterocycles. The van der Waals surface area contributed by atoms with Crippen molar-refractivity contribution in [3.63, 3.8) is 0 Å². The zero-order chi connectivity index (χ0) is 16.4. The molecule has 4 heteroatoms. The van der Waals surface area contributed by atoms with E-state index in [0.29, 0.717) is 5.92 Å². The van der Waals surface area contributed by atoms with Gasteiger partial charge in [-0.1, -0.05) is 42.5 Å². The molecule has 0 spiro atoms. The first-order valence-corrected chi connectivity index (χ1v) is 8.65. The van der Waals surface area contributed by atoms with E-state index < -0.39 is 0 Å². The van der Waals surface area contributed by atoms with Gasteiger partial charge in [-0.2, -0.15) is 0 Å². The quantitative estimate of drug-likeness (QED) is 0.785. The highest BCUT2D eigenvalue weighted by Crippen LogP contribution is 2.24. The summed E-state index contributed by atoms with van der Waals surface area (Å²) in [5, 5.41) is 9.65. The average molecular weight is 321 g/mol. The van der Waals surface area contributed by atoms with E-state index >= 15 is 0 Å². The Labute approximate surface area is 142 Å². The maximum atomic E-state index is 9.65. The zero-order valence-electron chi connectivity index (χ0n) is 13.8. The predicted octanol–water partition coefficient (Wildman–Crippen LogP) is 3.05. The summed E-state index contributed by atoms with van der Waals surface area (Å²) >= 11 is 0. The van der Waals surface area contributed by atoms with Crippen LogP contribution in [0, 0.1) is 5.92 Å². The molecule has 0 radical (unpaired) electrons. The van der Waals surface area contributed by atoms with Crippen molar-refractivity contribution in [3.05, 3.63) is 66.0 Å². The number of nitrogens with zero attached hydrogens (tertiary/aromatic N) is 3. The summed E-state index contributed by atoms with van der Waals surface area (Å²) in [6, 6.07) is 18.8. The Balaban J connectivity index is 1.47. The normalized spacial score (nSPS) is 18.5. The molecule has 1 N–H and O–H groups in total. The molecular formula is C20H23N3O. The van der Waals surface area contributed by atoms with Crippen molar-refractivity contribution >= 4 is 11.0 Å². The predicted molar refractivity (Wildman–Crippen MR) is 95.5 cm³/mol. The molecule has 3 aromatic rings. The number of fused-ring (bicyclic) bond motifs is 1. The molecule has 2 aromatic carbocycles. The minimum atomic E-state index is -0.00483. The number of hydrogen-bond donors (Lipinski definition) is 1. The number of imidazole rings is 1. The number of aliphatic hydroxyl groups excluding tert-OH is 1. The summed E-state index contributed by atoms with van der Waals surface area (Å²) in [7, 11) is 0. The lowest BCUT2D eigenvalue weighted by atomic mass is 10.1. The van der Waals surface area contributed by atoms with E-state index in [0.717, 1.165) is 43.0 Å². The standard InChI is InChI=1S/C20H23N3O/c24-15-20-21-18-8-4-5-9-19(18)23(20)14-17-10-11-22(13-17)12-16-6-2-1-3-7-16/h1-9,17,24H,10-15H2/t17-/m1/s1. The van der Waals surface area contributed by atoms with Crippen LogP contribution in [-0.4, -0.2) is 32.6 Å². The molecule has 1 aliphatic rings. The third kappa shape index (κ3) is 3.07. The molecule has 1 aliphatic heterocycles. The second-order valence-electron chi connectivity index (χ2n) is 6.66. The number of hydrogen-bond acceptors (Lipinski definition) is 3. The van der Waals surface area contributed by atoms with Crippen LogP contribution in [-0.2, 0) is 19.7 Å². The molecule has 4 nitrogen and oxygen atoms in total. The van der Waals surface area contributed by atoms with Crippen LogP contribution in [0.3, 0.4) is 0 Å². The highest BCUT2D eigenvalue weighted by molar-refractivity contribution is 5.75. The van der Waals surface area contributed by atoms with Gasteiger partial charge in [-0.15, -0.1) is 0 Å². The number of para-hydroxylation sites is 2. The first-order valence-electron chi connectivity index (χ1n) is 8.65. The first-order chi connectivity index (χ1) is 11.8. The maximum absolute atomic E-state index is 9.65. The molecule has 0 bridgehead atoms. The van der Waals surface area contributed by atoms with Gasteiger partial charge in [0.1, 0.15) is 12.4 Å². The summed E-state index contributed by atoms with van der Waals surface area (Å²) in [4.78, 5) is 7.08. The van der Waals surface area contributed by atoms with Gasteiger partial charge in [0.25, 0.3) is 0 Å². The Hall–Kier alpha value is -2.17. The molecule has 0 unspecified atom stereocenters. The molecule has 124 valence electrons. The van der Waals surface area contributed by atoms with Crippen LogP contribution >= 0.6 is 0 Å². The summed E-state index contributed by atoms with van der Waals surface area (Å²) in [5.74, 6) is 1.38. The Bertz CT molecular complexity index is 812. The molecule has 0 saturated carbocycles. The molecule has 24 heavy (non-hydrogen) atoms. The Morgan fingerprint density at radius 3 is 2.67 bits per heavy atom. The topological polar surface area (TPSA) is 41.3 Å². The highest BCUT2D eigenvalue weighted by atomic mass is 16.3. The molecule has 0 amide bonds. The lowest BCUT2D eigenvalue weighted by molar-refractivity contribution is 0.260. The largest absolute Gasteiger partial charge is 0.388 e. The molecule has 4 rings (SSSR count). The molecular weight excluding hydrogens is 298 g/mol. The van der Waals surface area contributed by atoms with Crippen LogP contribution in [0.5, 0.6) is 0 Å². The number of aromatic nitrogens is 2. The van der Waals surface area contributed by atoms with Crippen molar-refractivity contribution in [3.8, 4) is 0 Å². The Morgan fingerprint density at radius 1 is 1.04 bits per heavy atom. The van der Waals surface area contributed by atoms with Crippen LogP contribution < -0.4 is 0 Å². The average Bonchev–Trinajstić information content (AvgIpc) is 3.21. The highest BCUT2D eigenvalue weighted by Gasteiger charge is 2.24. The monoisotopic (exact) mass is 321 g/mol. The van der Waals surface area contributed by atoms with Crippen molar-refractivity contribution < 1.29 is 5.11 Å². The van der Waals surface area contributed by atoms with E-state index in [2.05, 4.69) is 50.8 Å². The second kappa shape index (κ2) is 6.75. The molecule has 1 aromatic heterocycles. The van der Waals surface area contributed by atoms with Crippen molar-refractivity contribution in [1.82, 2.24) is 14.5 Å². The van der Waals surface area contributed by atoms with E-state index in [9.17, 15) is 5.11 Å². The summed E-state index contributed by atoms with van der Waals surface area (Å²) < 4.78 is 2.20. The molecule has 0 aliphatic carbocycles. The smallest absolute Gasteiger partial charge is 0.135 e. The number of likely N-dealkylation sites (tertiary alicyclic amines) is 1. The van der Waals surface area contributed by atoms with E-state index in [4.69, 9.17) is 0 Å². The fourth-order valence-electron chi connectivity index (χ4n) is 3.76. The Kier molecular flexibility index (Phi) is 4.32. The molecule has 1 fully saturated rings. The minimum absolute atomic E-state index is 0.00483.